The molecule has 23 heavy (non-hydrogen) atoms. The molecule has 4 rings (SSSR count). The third-order valence-electron chi connectivity index (χ3n) is 4.13. The van der Waals surface area contributed by atoms with Crippen molar-refractivity contribution in [1.29, 1.82) is 5.26 Å². The van der Waals surface area contributed by atoms with Crippen molar-refractivity contribution in [3.8, 4) is 17.5 Å². The highest BCUT2D eigenvalue weighted by atomic mass is 32.2. The van der Waals surface area contributed by atoms with Gasteiger partial charge in [-0.15, -0.1) is 0 Å². The van der Waals surface area contributed by atoms with Crippen LogP contribution in [0.15, 0.2) is 40.9 Å². The minimum Gasteiger partial charge on any atom is -0.334 e. The zero-order valence-corrected chi connectivity index (χ0v) is 13.3. The normalized spacial score (nSPS) is 18.0. The van der Waals surface area contributed by atoms with E-state index in [0.717, 1.165) is 28.6 Å². The lowest BCUT2D eigenvalue weighted by Gasteiger charge is -2.17. The van der Waals surface area contributed by atoms with E-state index in [2.05, 4.69) is 16.2 Å². The largest absolute Gasteiger partial charge is 0.334 e. The fourth-order valence-electron chi connectivity index (χ4n) is 2.88. The molecule has 1 saturated heterocycles. The van der Waals surface area contributed by atoms with Crippen LogP contribution in [0.25, 0.3) is 22.2 Å². The highest BCUT2D eigenvalue weighted by Crippen LogP contribution is 2.37. The number of fused-ring (bicyclic) bond motifs is 1. The van der Waals surface area contributed by atoms with Crippen molar-refractivity contribution in [1.82, 2.24) is 10.1 Å². The molecular formula is C18H15N3OS. The topological polar surface area (TPSA) is 62.7 Å². The number of nitrogens with zero attached hydrogens (tertiary/aromatic N) is 3. The smallest absolute Gasteiger partial charge is 0.257 e. The molecule has 2 aromatic carbocycles. The first-order valence-corrected chi connectivity index (χ1v) is 8.78. The molecule has 1 aromatic heterocycles. The van der Waals surface area contributed by atoms with E-state index in [0.29, 0.717) is 16.7 Å². The first-order valence-electron chi connectivity index (χ1n) is 7.73. The lowest BCUT2D eigenvalue weighted by Crippen LogP contribution is -2.03. The van der Waals surface area contributed by atoms with E-state index in [4.69, 9.17) is 9.78 Å². The molecule has 114 valence electrons. The molecule has 3 aromatic rings. The van der Waals surface area contributed by atoms with Gasteiger partial charge in [0.05, 0.1) is 16.9 Å². The van der Waals surface area contributed by atoms with Crippen LogP contribution in [-0.4, -0.2) is 15.9 Å². The molecule has 0 N–H and O–H groups in total. The van der Waals surface area contributed by atoms with Gasteiger partial charge in [0.25, 0.3) is 5.89 Å². The van der Waals surface area contributed by atoms with Crippen molar-refractivity contribution in [3.63, 3.8) is 0 Å². The predicted octanol–water partition coefficient (Wildman–Crippen LogP) is 4.72. The summed E-state index contributed by atoms with van der Waals surface area (Å²) in [5.41, 5.74) is 1.58. The van der Waals surface area contributed by atoms with E-state index >= 15 is 0 Å². The molecule has 5 heteroatoms. The minimum absolute atomic E-state index is 0.361. The summed E-state index contributed by atoms with van der Waals surface area (Å²) in [5, 5.41) is 15.6. The van der Waals surface area contributed by atoms with Crippen molar-refractivity contribution in [3.05, 3.63) is 47.8 Å². The zero-order valence-electron chi connectivity index (χ0n) is 12.5. The summed E-state index contributed by atoms with van der Waals surface area (Å²) in [6.45, 7) is 0. The van der Waals surface area contributed by atoms with Gasteiger partial charge in [-0.2, -0.15) is 22.0 Å². The SMILES string of the molecule is N#Cc1ccc2cc(-c3nc(C4CCCCS4)no3)ccc2c1. The fraction of sp³-hybridized carbons (Fsp3) is 0.278. The molecule has 2 heterocycles. The van der Waals surface area contributed by atoms with Crippen LogP contribution >= 0.6 is 11.8 Å². The Morgan fingerprint density at radius 2 is 2.00 bits per heavy atom. The lowest BCUT2D eigenvalue weighted by molar-refractivity contribution is 0.420. The highest BCUT2D eigenvalue weighted by molar-refractivity contribution is 7.99. The second kappa shape index (κ2) is 6.05. The van der Waals surface area contributed by atoms with Gasteiger partial charge in [0.1, 0.15) is 0 Å². The molecule has 0 bridgehead atoms. The summed E-state index contributed by atoms with van der Waals surface area (Å²) < 4.78 is 5.47. The Labute approximate surface area is 138 Å². The summed E-state index contributed by atoms with van der Waals surface area (Å²) in [6.07, 6.45) is 3.64. The lowest BCUT2D eigenvalue weighted by atomic mass is 10.0. The number of benzene rings is 2. The molecule has 1 aliphatic heterocycles. The molecule has 1 aliphatic rings. The Balaban J connectivity index is 1.66. The molecule has 0 aliphatic carbocycles. The van der Waals surface area contributed by atoms with Gasteiger partial charge in [-0.05, 0) is 53.6 Å². The van der Waals surface area contributed by atoms with E-state index < -0.39 is 0 Å². The Kier molecular flexibility index (Phi) is 3.76. The summed E-state index contributed by atoms with van der Waals surface area (Å²) in [6, 6.07) is 13.8. The summed E-state index contributed by atoms with van der Waals surface area (Å²) >= 11 is 1.92. The maximum absolute atomic E-state index is 8.97. The fourth-order valence-corrected chi connectivity index (χ4v) is 4.11. The van der Waals surface area contributed by atoms with Crippen molar-refractivity contribution in [2.45, 2.75) is 24.5 Å². The van der Waals surface area contributed by atoms with Gasteiger partial charge in [0, 0.05) is 5.56 Å². The average Bonchev–Trinajstić information content (AvgIpc) is 3.11. The molecule has 1 unspecified atom stereocenters. The Bertz CT molecular complexity index is 891. The van der Waals surface area contributed by atoms with Crippen LogP contribution in [0.5, 0.6) is 0 Å². The summed E-state index contributed by atoms with van der Waals surface area (Å²) in [7, 11) is 0. The van der Waals surface area contributed by atoms with Crippen LogP contribution in [-0.2, 0) is 0 Å². The van der Waals surface area contributed by atoms with Gasteiger partial charge >= 0.3 is 0 Å². The van der Waals surface area contributed by atoms with Gasteiger partial charge in [-0.25, -0.2) is 0 Å². The highest BCUT2D eigenvalue weighted by Gasteiger charge is 2.21. The molecular weight excluding hydrogens is 306 g/mol. The predicted molar refractivity (Wildman–Crippen MR) is 91.0 cm³/mol. The first kappa shape index (κ1) is 14.3. The Morgan fingerprint density at radius 1 is 1.13 bits per heavy atom. The zero-order chi connectivity index (χ0) is 15.6. The number of nitriles is 1. The number of hydrogen-bond acceptors (Lipinski definition) is 5. The van der Waals surface area contributed by atoms with Crippen molar-refractivity contribution in [2.75, 3.05) is 5.75 Å². The standard InChI is InChI=1S/C18H15N3OS/c19-11-12-4-5-14-10-15(7-6-13(14)9-12)18-20-17(21-22-18)16-3-1-2-8-23-16/h4-7,9-10,16H,1-3,8H2. The van der Waals surface area contributed by atoms with Gasteiger partial charge in [-0.3, -0.25) is 0 Å². The van der Waals surface area contributed by atoms with E-state index in [9.17, 15) is 0 Å². The molecule has 0 amide bonds. The maximum atomic E-state index is 8.97. The van der Waals surface area contributed by atoms with Crippen molar-refractivity contribution < 1.29 is 4.52 Å². The number of aromatic nitrogens is 2. The van der Waals surface area contributed by atoms with Crippen molar-refractivity contribution >= 4 is 22.5 Å². The van der Waals surface area contributed by atoms with Crippen LogP contribution in [0.1, 0.15) is 35.9 Å². The Morgan fingerprint density at radius 3 is 2.83 bits per heavy atom. The number of thioether (sulfide) groups is 1. The molecule has 1 fully saturated rings. The van der Waals surface area contributed by atoms with E-state index in [1.54, 1.807) is 0 Å². The quantitative estimate of drug-likeness (QED) is 0.683. The minimum atomic E-state index is 0.361. The molecule has 1 atom stereocenters. The van der Waals surface area contributed by atoms with Gasteiger partial charge < -0.3 is 4.52 Å². The Hall–Kier alpha value is -2.32. The monoisotopic (exact) mass is 321 g/mol. The first-order chi connectivity index (χ1) is 11.3. The number of rotatable bonds is 2. The van der Waals surface area contributed by atoms with Crippen LogP contribution in [0, 0.1) is 11.3 Å². The van der Waals surface area contributed by atoms with Crippen LogP contribution < -0.4 is 0 Å². The van der Waals surface area contributed by atoms with Gasteiger partial charge in [0.2, 0.25) is 0 Å². The molecule has 0 saturated carbocycles. The second-order valence-electron chi connectivity index (χ2n) is 5.70. The van der Waals surface area contributed by atoms with Gasteiger partial charge in [-0.1, -0.05) is 23.7 Å². The van der Waals surface area contributed by atoms with E-state index in [1.807, 2.05) is 48.2 Å². The molecule has 4 nitrogen and oxygen atoms in total. The van der Waals surface area contributed by atoms with E-state index in [-0.39, 0.29) is 0 Å². The molecule has 0 spiro atoms. The third kappa shape index (κ3) is 2.82. The molecule has 0 radical (unpaired) electrons. The maximum Gasteiger partial charge on any atom is 0.257 e. The van der Waals surface area contributed by atoms with Crippen molar-refractivity contribution in [2.24, 2.45) is 0 Å². The van der Waals surface area contributed by atoms with Crippen LogP contribution in [0.2, 0.25) is 0 Å². The third-order valence-corrected chi connectivity index (χ3v) is 5.50. The van der Waals surface area contributed by atoms with Crippen LogP contribution in [0.3, 0.4) is 0 Å². The van der Waals surface area contributed by atoms with Crippen LogP contribution in [0.4, 0.5) is 0 Å². The number of hydrogen-bond donors (Lipinski definition) is 0. The van der Waals surface area contributed by atoms with Gasteiger partial charge in [0.15, 0.2) is 5.82 Å². The van der Waals surface area contributed by atoms with E-state index in [1.165, 1.54) is 18.6 Å². The second-order valence-corrected chi connectivity index (χ2v) is 7.01. The average molecular weight is 321 g/mol. The summed E-state index contributed by atoms with van der Waals surface area (Å²) in [5.74, 6) is 2.55. The summed E-state index contributed by atoms with van der Waals surface area (Å²) in [4.78, 5) is 4.59.